The van der Waals surface area contributed by atoms with E-state index in [1.165, 1.54) is 0 Å². The molecular formula is C12H17N3OS. The second-order valence-electron chi connectivity index (χ2n) is 4.07. The second-order valence-corrected chi connectivity index (χ2v) is 4.94. The van der Waals surface area contributed by atoms with Gasteiger partial charge < -0.3 is 10.0 Å². The van der Waals surface area contributed by atoms with Crippen molar-refractivity contribution < 1.29 is 5.11 Å². The quantitative estimate of drug-likeness (QED) is 0.829. The van der Waals surface area contributed by atoms with Gasteiger partial charge in [-0.05, 0) is 13.8 Å². The Morgan fingerprint density at radius 2 is 2.41 bits per heavy atom. The van der Waals surface area contributed by atoms with E-state index in [1.807, 2.05) is 22.9 Å². The molecule has 0 saturated heterocycles. The molecule has 2 aromatic rings. The van der Waals surface area contributed by atoms with E-state index in [2.05, 4.69) is 23.4 Å². The molecule has 0 bridgehead atoms. The third-order valence-electron chi connectivity index (χ3n) is 2.63. The lowest BCUT2D eigenvalue weighted by Gasteiger charge is -2.21. The Labute approximate surface area is 105 Å². The molecule has 0 aliphatic heterocycles. The molecule has 0 spiro atoms. The fraction of sp³-hybridized carbons (Fsp3) is 0.417. The van der Waals surface area contributed by atoms with Crippen LogP contribution in [-0.2, 0) is 6.61 Å². The minimum Gasteiger partial charge on any atom is -0.390 e. The average molecular weight is 251 g/mol. The van der Waals surface area contributed by atoms with Crippen LogP contribution in [0.1, 0.15) is 19.5 Å². The molecule has 0 aliphatic rings. The number of rotatable bonds is 5. The van der Waals surface area contributed by atoms with Gasteiger partial charge >= 0.3 is 0 Å². The largest absolute Gasteiger partial charge is 0.390 e. The van der Waals surface area contributed by atoms with Crippen LogP contribution >= 0.6 is 11.3 Å². The second kappa shape index (κ2) is 4.89. The van der Waals surface area contributed by atoms with Crippen LogP contribution in [0.25, 0.3) is 4.96 Å². The third kappa shape index (κ3) is 2.21. The van der Waals surface area contributed by atoms with E-state index in [0.717, 1.165) is 35.1 Å². The van der Waals surface area contributed by atoms with E-state index < -0.39 is 0 Å². The van der Waals surface area contributed by atoms with Gasteiger partial charge in [0.2, 0.25) is 0 Å². The van der Waals surface area contributed by atoms with E-state index >= 15 is 0 Å². The Balaban J connectivity index is 2.44. The number of nitrogens with zero attached hydrogens (tertiary/aromatic N) is 3. The highest BCUT2D eigenvalue weighted by atomic mass is 32.1. The zero-order valence-electron chi connectivity index (χ0n) is 10.2. The molecule has 0 saturated carbocycles. The van der Waals surface area contributed by atoms with Crippen molar-refractivity contribution in [1.82, 2.24) is 9.38 Å². The molecule has 2 heterocycles. The maximum atomic E-state index is 9.50. The number of aliphatic hydroxyl groups is 1. The number of fused-ring (bicyclic) bond motifs is 1. The molecule has 2 aromatic heterocycles. The van der Waals surface area contributed by atoms with Gasteiger partial charge in [0.15, 0.2) is 10.8 Å². The molecule has 2 rings (SSSR count). The first kappa shape index (κ1) is 12.1. The van der Waals surface area contributed by atoms with Crippen LogP contribution in [0.15, 0.2) is 23.7 Å². The Hall–Kier alpha value is -1.33. The lowest BCUT2D eigenvalue weighted by Crippen LogP contribution is -2.26. The Morgan fingerprint density at radius 3 is 3.00 bits per heavy atom. The van der Waals surface area contributed by atoms with Crippen molar-refractivity contribution in [3.63, 3.8) is 0 Å². The zero-order valence-corrected chi connectivity index (χ0v) is 11.0. The van der Waals surface area contributed by atoms with Gasteiger partial charge in [0.1, 0.15) is 0 Å². The first-order valence-corrected chi connectivity index (χ1v) is 6.50. The number of hydrogen-bond donors (Lipinski definition) is 1. The van der Waals surface area contributed by atoms with Crippen molar-refractivity contribution in [2.24, 2.45) is 0 Å². The number of imidazole rings is 1. The summed E-state index contributed by atoms with van der Waals surface area (Å²) >= 11 is 1.58. The molecule has 17 heavy (non-hydrogen) atoms. The van der Waals surface area contributed by atoms with Crippen LogP contribution in [-0.4, -0.2) is 27.6 Å². The normalized spacial score (nSPS) is 11.0. The summed E-state index contributed by atoms with van der Waals surface area (Å²) in [6, 6.07) is 0. The average Bonchev–Trinajstić information content (AvgIpc) is 2.84. The highest BCUT2D eigenvalue weighted by Crippen LogP contribution is 2.25. The van der Waals surface area contributed by atoms with Gasteiger partial charge in [-0.3, -0.25) is 4.40 Å². The molecule has 0 amide bonds. The minimum absolute atomic E-state index is 0.0000756. The summed E-state index contributed by atoms with van der Waals surface area (Å²) in [7, 11) is 0. The Morgan fingerprint density at radius 1 is 1.65 bits per heavy atom. The first-order valence-electron chi connectivity index (χ1n) is 5.62. The highest BCUT2D eigenvalue weighted by Gasteiger charge is 2.17. The summed E-state index contributed by atoms with van der Waals surface area (Å²) in [5.41, 5.74) is 1.94. The summed E-state index contributed by atoms with van der Waals surface area (Å²) in [5.74, 6) is 0.866. The Bertz CT molecular complexity index is 529. The first-order chi connectivity index (χ1) is 8.17. The summed E-state index contributed by atoms with van der Waals surface area (Å²) in [6.45, 7) is 9.63. The van der Waals surface area contributed by atoms with Crippen LogP contribution in [0.4, 0.5) is 5.82 Å². The molecule has 0 fully saturated rings. The molecule has 1 N–H and O–H groups in total. The maximum Gasteiger partial charge on any atom is 0.195 e. The maximum absolute atomic E-state index is 9.50. The van der Waals surface area contributed by atoms with Crippen molar-refractivity contribution in [2.75, 3.05) is 18.0 Å². The predicted octanol–water partition coefficient (Wildman–Crippen LogP) is 2.29. The fourth-order valence-electron chi connectivity index (χ4n) is 1.88. The van der Waals surface area contributed by atoms with E-state index in [0.29, 0.717) is 0 Å². The van der Waals surface area contributed by atoms with E-state index in [4.69, 9.17) is 0 Å². The number of aliphatic hydroxyl groups excluding tert-OH is 1. The van der Waals surface area contributed by atoms with Crippen LogP contribution < -0.4 is 4.90 Å². The minimum atomic E-state index is -0.0000756. The number of anilines is 1. The molecule has 0 aromatic carbocycles. The van der Waals surface area contributed by atoms with Crippen molar-refractivity contribution in [3.8, 4) is 0 Å². The molecule has 0 atom stereocenters. The summed E-state index contributed by atoms with van der Waals surface area (Å²) in [5, 5.41) is 11.5. The van der Waals surface area contributed by atoms with Crippen molar-refractivity contribution in [3.05, 3.63) is 29.4 Å². The summed E-state index contributed by atoms with van der Waals surface area (Å²) < 4.78 is 1.95. The summed E-state index contributed by atoms with van der Waals surface area (Å²) in [6.07, 6.45) is 1.94. The SMILES string of the molecule is C=C(C)CN(CC)c1nc2sccn2c1CO. The molecule has 0 radical (unpaired) electrons. The van der Waals surface area contributed by atoms with Gasteiger partial charge in [-0.25, -0.2) is 4.98 Å². The standard InChI is InChI=1S/C12H17N3OS/c1-4-14(7-9(2)3)11-10(8-16)15-5-6-17-12(15)13-11/h5-6,16H,2,4,7-8H2,1,3H3. The van der Waals surface area contributed by atoms with Crippen molar-refractivity contribution in [1.29, 1.82) is 0 Å². The number of aromatic nitrogens is 2. The number of hydrogen-bond acceptors (Lipinski definition) is 4. The van der Waals surface area contributed by atoms with Crippen molar-refractivity contribution >= 4 is 22.1 Å². The van der Waals surface area contributed by atoms with Crippen LogP contribution in [0.5, 0.6) is 0 Å². The lowest BCUT2D eigenvalue weighted by atomic mass is 10.3. The topological polar surface area (TPSA) is 40.8 Å². The van der Waals surface area contributed by atoms with E-state index in [-0.39, 0.29) is 6.61 Å². The molecule has 5 heteroatoms. The van der Waals surface area contributed by atoms with Crippen LogP contribution in [0.3, 0.4) is 0 Å². The number of likely N-dealkylation sites (N-methyl/N-ethyl adjacent to an activating group) is 1. The molecular weight excluding hydrogens is 234 g/mol. The smallest absolute Gasteiger partial charge is 0.195 e. The van der Waals surface area contributed by atoms with Crippen molar-refractivity contribution in [2.45, 2.75) is 20.5 Å². The van der Waals surface area contributed by atoms with Crippen LogP contribution in [0, 0.1) is 0 Å². The van der Waals surface area contributed by atoms with Crippen LogP contribution in [0.2, 0.25) is 0 Å². The Kier molecular flexibility index (Phi) is 3.49. The molecule has 4 nitrogen and oxygen atoms in total. The van der Waals surface area contributed by atoms with E-state index in [9.17, 15) is 5.11 Å². The van der Waals surface area contributed by atoms with E-state index in [1.54, 1.807) is 11.3 Å². The molecule has 0 aliphatic carbocycles. The van der Waals surface area contributed by atoms with Gasteiger partial charge in [-0.1, -0.05) is 12.2 Å². The lowest BCUT2D eigenvalue weighted by molar-refractivity contribution is 0.276. The van der Waals surface area contributed by atoms with Gasteiger partial charge in [0.25, 0.3) is 0 Å². The molecule has 0 unspecified atom stereocenters. The fourth-order valence-corrected chi connectivity index (χ4v) is 2.61. The third-order valence-corrected chi connectivity index (χ3v) is 3.39. The predicted molar refractivity (Wildman–Crippen MR) is 71.7 cm³/mol. The van der Waals surface area contributed by atoms with Gasteiger partial charge in [-0.2, -0.15) is 0 Å². The monoisotopic (exact) mass is 251 g/mol. The number of thiazole rings is 1. The van der Waals surface area contributed by atoms with Gasteiger partial charge in [-0.15, -0.1) is 11.3 Å². The highest BCUT2D eigenvalue weighted by molar-refractivity contribution is 7.15. The zero-order chi connectivity index (χ0) is 12.4. The van der Waals surface area contributed by atoms with Gasteiger partial charge in [0, 0.05) is 24.7 Å². The van der Waals surface area contributed by atoms with Gasteiger partial charge in [0.05, 0.1) is 12.3 Å². The summed E-state index contributed by atoms with van der Waals surface area (Å²) in [4.78, 5) is 7.63. The molecule has 92 valence electrons.